The maximum Gasteiger partial charge on any atom is 0.309 e. The summed E-state index contributed by atoms with van der Waals surface area (Å²) in [6, 6.07) is 0. The summed E-state index contributed by atoms with van der Waals surface area (Å²) in [5.74, 6) is -1.66. The molecular formula is C21H38O5. The average molecular weight is 371 g/mol. The number of carbonyl (C=O) groups is 2. The number of hydrogen-bond donors (Lipinski definition) is 3. The van der Waals surface area contributed by atoms with Gasteiger partial charge in [0, 0.05) is 19.4 Å². The van der Waals surface area contributed by atoms with Gasteiger partial charge in [-0.05, 0) is 32.1 Å². The van der Waals surface area contributed by atoms with E-state index in [0.29, 0.717) is 12.2 Å². The molecule has 0 fully saturated rings. The van der Waals surface area contributed by atoms with Crippen molar-refractivity contribution in [3.8, 4) is 0 Å². The Morgan fingerprint density at radius 3 is 2.04 bits per heavy atom. The molecule has 0 aliphatic carbocycles. The second-order valence-electron chi connectivity index (χ2n) is 7.03. The number of aliphatic hydroxyl groups is 2. The second kappa shape index (κ2) is 17.2. The number of carboxylic acid groups (broad SMARTS) is 1. The van der Waals surface area contributed by atoms with Gasteiger partial charge in [0.05, 0.1) is 12.0 Å². The Bertz CT molecular complexity index is 392. The highest BCUT2D eigenvalue weighted by atomic mass is 16.4. The molecule has 5 heteroatoms. The van der Waals surface area contributed by atoms with Gasteiger partial charge in [0.2, 0.25) is 0 Å². The number of unbranched alkanes of at least 4 members (excludes halogenated alkanes) is 8. The summed E-state index contributed by atoms with van der Waals surface area (Å²) in [4.78, 5) is 22.7. The smallest absolute Gasteiger partial charge is 0.309 e. The first-order chi connectivity index (χ1) is 12.5. The summed E-state index contributed by atoms with van der Waals surface area (Å²) >= 11 is 0. The molecule has 0 amide bonds. The second-order valence-corrected chi connectivity index (χ2v) is 7.03. The number of hydrogen-bond acceptors (Lipinski definition) is 4. The minimum Gasteiger partial charge on any atom is -0.481 e. The number of carbonyl (C=O) groups excluding carboxylic acids is 1. The number of carboxylic acids is 1. The summed E-state index contributed by atoms with van der Waals surface area (Å²) in [5.41, 5.74) is 0. The van der Waals surface area contributed by atoms with E-state index in [1.807, 2.05) is 0 Å². The van der Waals surface area contributed by atoms with Crippen molar-refractivity contribution in [2.75, 3.05) is 6.61 Å². The van der Waals surface area contributed by atoms with E-state index >= 15 is 0 Å². The van der Waals surface area contributed by atoms with Crippen LogP contribution in [0.3, 0.4) is 0 Å². The lowest BCUT2D eigenvalue weighted by atomic mass is 9.98. The van der Waals surface area contributed by atoms with Gasteiger partial charge in [-0.15, -0.1) is 0 Å². The SMILES string of the molecule is CCCCCCCC(=O)CCCCCC/C=C/[C@H](O)[C@@H](CCO)C(=O)O. The molecule has 0 aliphatic heterocycles. The molecule has 2 atom stereocenters. The van der Waals surface area contributed by atoms with E-state index in [2.05, 4.69) is 6.92 Å². The molecule has 152 valence electrons. The summed E-state index contributed by atoms with van der Waals surface area (Å²) in [7, 11) is 0. The van der Waals surface area contributed by atoms with E-state index in [1.165, 1.54) is 31.8 Å². The summed E-state index contributed by atoms with van der Waals surface area (Å²) in [6.45, 7) is 1.94. The van der Waals surface area contributed by atoms with Crippen LogP contribution in [0.4, 0.5) is 0 Å². The van der Waals surface area contributed by atoms with Crippen LogP contribution >= 0.6 is 0 Å². The normalized spacial score (nSPS) is 13.8. The highest BCUT2D eigenvalue weighted by Gasteiger charge is 2.23. The maximum atomic E-state index is 11.8. The molecule has 0 heterocycles. The fraction of sp³-hybridized carbons (Fsp3) is 0.810. The predicted octanol–water partition coefficient (Wildman–Crippen LogP) is 4.26. The molecule has 0 rings (SSSR count). The minimum absolute atomic E-state index is 0.0491. The van der Waals surface area contributed by atoms with Gasteiger partial charge in [0.1, 0.15) is 5.78 Å². The highest BCUT2D eigenvalue weighted by Crippen LogP contribution is 2.13. The molecule has 0 aromatic heterocycles. The van der Waals surface area contributed by atoms with Crippen molar-refractivity contribution in [1.82, 2.24) is 0 Å². The van der Waals surface area contributed by atoms with Crippen LogP contribution in [0.5, 0.6) is 0 Å². The fourth-order valence-electron chi connectivity index (χ4n) is 2.94. The van der Waals surface area contributed by atoms with E-state index in [4.69, 9.17) is 10.2 Å². The van der Waals surface area contributed by atoms with Crippen LogP contribution in [0.15, 0.2) is 12.2 Å². The van der Waals surface area contributed by atoms with Crippen LogP contribution in [-0.2, 0) is 9.59 Å². The van der Waals surface area contributed by atoms with Crippen molar-refractivity contribution in [3.63, 3.8) is 0 Å². The van der Waals surface area contributed by atoms with Gasteiger partial charge in [0.15, 0.2) is 0 Å². The molecule has 26 heavy (non-hydrogen) atoms. The standard InChI is InChI=1S/C21H38O5/c1-2-3-4-7-10-13-18(23)14-11-8-5-6-9-12-15-20(24)19(16-17-22)21(25)26/h12,15,19-20,22,24H,2-11,13-14,16-17H2,1H3,(H,25,26)/b15-12+/t19-,20+/m1/s1. The Morgan fingerprint density at radius 1 is 0.923 bits per heavy atom. The first-order valence-corrected chi connectivity index (χ1v) is 10.2. The van der Waals surface area contributed by atoms with Gasteiger partial charge in [-0.2, -0.15) is 0 Å². The monoisotopic (exact) mass is 370 g/mol. The minimum atomic E-state index is -1.09. The number of Topliss-reactive ketones (excluding diaryl/α,β-unsaturated/α-hetero) is 1. The molecule has 0 spiro atoms. The van der Waals surface area contributed by atoms with Crippen molar-refractivity contribution >= 4 is 11.8 Å². The van der Waals surface area contributed by atoms with Gasteiger partial charge in [-0.1, -0.05) is 57.6 Å². The molecule has 0 aliphatic rings. The molecule has 0 saturated heterocycles. The third-order valence-corrected chi connectivity index (χ3v) is 4.64. The molecule has 0 unspecified atom stereocenters. The lowest BCUT2D eigenvalue weighted by molar-refractivity contribution is -0.145. The molecular weight excluding hydrogens is 332 g/mol. The maximum absolute atomic E-state index is 11.8. The zero-order valence-corrected chi connectivity index (χ0v) is 16.4. The number of ketones is 1. The number of aliphatic hydroxyl groups excluding tert-OH is 2. The van der Waals surface area contributed by atoms with Crippen molar-refractivity contribution in [1.29, 1.82) is 0 Å². The highest BCUT2D eigenvalue weighted by molar-refractivity contribution is 5.78. The Morgan fingerprint density at radius 2 is 1.50 bits per heavy atom. The van der Waals surface area contributed by atoms with Crippen LogP contribution in [0.2, 0.25) is 0 Å². The van der Waals surface area contributed by atoms with Crippen LogP contribution in [-0.4, -0.2) is 39.8 Å². The molecule has 0 bridgehead atoms. The van der Waals surface area contributed by atoms with Crippen LogP contribution < -0.4 is 0 Å². The number of aliphatic carboxylic acids is 1. The third-order valence-electron chi connectivity index (χ3n) is 4.64. The van der Waals surface area contributed by atoms with Gasteiger partial charge in [-0.25, -0.2) is 0 Å². The van der Waals surface area contributed by atoms with E-state index in [1.54, 1.807) is 6.08 Å². The van der Waals surface area contributed by atoms with Crippen LogP contribution in [0, 0.1) is 5.92 Å². The molecule has 0 radical (unpaired) electrons. The lowest BCUT2D eigenvalue weighted by Crippen LogP contribution is -2.27. The van der Waals surface area contributed by atoms with Gasteiger partial charge in [-0.3, -0.25) is 9.59 Å². The first-order valence-electron chi connectivity index (χ1n) is 10.2. The zero-order chi connectivity index (χ0) is 19.6. The van der Waals surface area contributed by atoms with Gasteiger partial charge < -0.3 is 15.3 Å². The van der Waals surface area contributed by atoms with Crippen molar-refractivity contribution in [2.24, 2.45) is 5.92 Å². The fourth-order valence-corrected chi connectivity index (χ4v) is 2.94. The van der Waals surface area contributed by atoms with Gasteiger partial charge >= 0.3 is 5.97 Å². The first kappa shape index (κ1) is 24.8. The number of allylic oxidation sites excluding steroid dienone is 1. The quantitative estimate of drug-likeness (QED) is 0.247. The largest absolute Gasteiger partial charge is 0.481 e. The van der Waals surface area contributed by atoms with E-state index in [-0.39, 0.29) is 13.0 Å². The van der Waals surface area contributed by atoms with Crippen molar-refractivity contribution < 1.29 is 24.9 Å². The lowest BCUT2D eigenvalue weighted by Gasteiger charge is -2.14. The summed E-state index contributed by atoms with van der Waals surface area (Å²) in [5, 5.41) is 27.6. The van der Waals surface area contributed by atoms with Crippen molar-refractivity contribution in [2.45, 2.75) is 96.5 Å². The zero-order valence-electron chi connectivity index (χ0n) is 16.4. The van der Waals surface area contributed by atoms with E-state index in [0.717, 1.165) is 44.9 Å². The molecule has 0 saturated carbocycles. The van der Waals surface area contributed by atoms with Crippen LogP contribution in [0.25, 0.3) is 0 Å². The summed E-state index contributed by atoms with van der Waals surface area (Å²) in [6.07, 6.45) is 14.4. The average Bonchev–Trinajstić information content (AvgIpc) is 2.61. The Balaban J connectivity index is 3.62. The topological polar surface area (TPSA) is 94.8 Å². The Hall–Kier alpha value is -1.20. The number of rotatable bonds is 18. The molecule has 3 N–H and O–H groups in total. The summed E-state index contributed by atoms with van der Waals surface area (Å²) < 4.78 is 0. The molecule has 0 aromatic carbocycles. The Kier molecular flexibility index (Phi) is 16.4. The van der Waals surface area contributed by atoms with E-state index in [9.17, 15) is 14.7 Å². The van der Waals surface area contributed by atoms with Crippen molar-refractivity contribution in [3.05, 3.63) is 12.2 Å². The predicted molar refractivity (Wildman–Crippen MR) is 104 cm³/mol. The molecule has 0 aromatic rings. The Labute approximate surface area is 158 Å². The van der Waals surface area contributed by atoms with Gasteiger partial charge in [0.25, 0.3) is 0 Å². The third kappa shape index (κ3) is 14.0. The van der Waals surface area contributed by atoms with Crippen LogP contribution in [0.1, 0.15) is 90.4 Å². The molecule has 5 nitrogen and oxygen atoms in total. The van der Waals surface area contributed by atoms with E-state index < -0.39 is 18.0 Å².